The third-order valence-corrected chi connectivity index (χ3v) is 3.00. The summed E-state index contributed by atoms with van der Waals surface area (Å²) in [6, 6.07) is 5.49. The van der Waals surface area contributed by atoms with Gasteiger partial charge in [0.25, 0.3) is 0 Å². The minimum atomic E-state index is 0.0773. The quantitative estimate of drug-likeness (QED) is 0.839. The second kappa shape index (κ2) is 4.39. The Morgan fingerprint density at radius 1 is 1.56 bits per heavy atom. The van der Waals surface area contributed by atoms with Crippen LogP contribution in [0.2, 0.25) is 5.02 Å². The van der Waals surface area contributed by atoms with E-state index in [-0.39, 0.29) is 5.91 Å². The minimum absolute atomic E-state index is 0.0773. The normalized spacial score (nSPS) is 14.1. The highest BCUT2D eigenvalue weighted by Crippen LogP contribution is 2.31. The summed E-state index contributed by atoms with van der Waals surface area (Å²) in [4.78, 5) is 13.9. The highest BCUT2D eigenvalue weighted by molar-refractivity contribution is 7.80. The summed E-state index contributed by atoms with van der Waals surface area (Å²) in [6.45, 7) is 0.529. The lowest BCUT2D eigenvalue weighted by molar-refractivity contribution is -0.117. The van der Waals surface area contributed by atoms with Crippen molar-refractivity contribution in [3.8, 4) is 0 Å². The lowest BCUT2D eigenvalue weighted by Gasteiger charge is -2.17. The molecule has 0 bridgehead atoms. The zero-order valence-corrected chi connectivity index (χ0v) is 10.1. The summed E-state index contributed by atoms with van der Waals surface area (Å²) in [5, 5.41) is 0.633. The predicted molar refractivity (Wildman–Crippen MR) is 68.9 cm³/mol. The first kappa shape index (κ1) is 11.4. The van der Waals surface area contributed by atoms with Crippen molar-refractivity contribution < 1.29 is 4.79 Å². The minimum Gasteiger partial charge on any atom is -0.393 e. The molecule has 0 aromatic heterocycles. The lowest BCUT2D eigenvalue weighted by Crippen LogP contribution is -2.30. The van der Waals surface area contributed by atoms with E-state index in [2.05, 4.69) is 0 Å². The van der Waals surface area contributed by atoms with E-state index in [0.29, 0.717) is 29.4 Å². The van der Waals surface area contributed by atoms with Gasteiger partial charge in [-0.05, 0) is 17.7 Å². The van der Waals surface area contributed by atoms with Crippen LogP contribution < -0.4 is 10.6 Å². The van der Waals surface area contributed by atoms with Crippen molar-refractivity contribution in [3.63, 3.8) is 0 Å². The van der Waals surface area contributed by atoms with Crippen LogP contribution in [0.4, 0.5) is 5.69 Å². The summed E-state index contributed by atoms with van der Waals surface area (Å²) < 4.78 is 0. The van der Waals surface area contributed by atoms with Gasteiger partial charge >= 0.3 is 0 Å². The number of halogens is 1. The van der Waals surface area contributed by atoms with Gasteiger partial charge in [-0.25, -0.2) is 0 Å². The topological polar surface area (TPSA) is 46.3 Å². The van der Waals surface area contributed by atoms with Gasteiger partial charge in [-0.3, -0.25) is 4.79 Å². The van der Waals surface area contributed by atoms with E-state index in [1.807, 2.05) is 6.07 Å². The van der Waals surface area contributed by atoms with Crippen LogP contribution in [0, 0.1) is 0 Å². The molecule has 2 N–H and O–H groups in total. The molecule has 1 aliphatic heterocycles. The first-order valence-corrected chi connectivity index (χ1v) is 5.73. The molecule has 0 radical (unpaired) electrons. The van der Waals surface area contributed by atoms with E-state index in [0.717, 1.165) is 11.3 Å². The standard InChI is InChI=1S/C11H11ClN2OS/c12-8-2-1-7-5-11(15)14(9(7)6-8)4-3-10(13)16/h1-2,6H,3-5H2,(H2,13,16). The van der Waals surface area contributed by atoms with Gasteiger partial charge < -0.3 is 10.6 Å². The van der Waals surface area contributed by atoms with Crippen LogP contribution in [0.1, 0.15) is 12.0 Å². The van der Waals surface area contributed by atoms with Crippen molar-refractivity contribution in [2.75, 3.05) is 11.4 Å². The molecule has 1 aromatic carbocycles. The van der Waals surface area contributed by atoms with Crippen LogP contribution in [0.15, 0.2) is 18.2 Å². The van der Waals surface area contributed by atoms with Crippen LogP contribution >= 0.6 is 23.8 Å². The lowest BCUT2D eigenvalue weighted by atomic mass is 10.2. The van der Waals surface area contributed by atoms with Crippen LogP contribution in [0.5, 0.6) is 0 Å². The van der Waals surface area contributed by atoms with E-state index in [4.69, 9.17) is 29.6 Å². The largest absolute Gasteiger partial charge is 0.393 e. The number of carbonyl (C=O) groups excluding carboxylic acids is 1. The van der Waals surface area contributed by atoms with Gasteiger partial charge in [-0.15, -0.1) is 0 Å². The number of carbonyl (C=O) groups is 1. The molecule has 2 rings (SSSR count). The SMILES string of the molecule is NC(=S)CCN1C(=O)Cc2ccc(Cl)cc21. The fourth-order valence-electron chi connectivity index (χ4n) is 1.80. The first-order chi connectivity index (χ1) is 7.58. The Hall–Kier alpha value is -1.13. The van der Waals surface area contributed by atoms with E-state index >= 15 is 0 Å². The second-order valence-corrected chi connectivity index (χ2v) is 4.67. The Morgan fingerprint density at radius 3 is 3.00 bits per heavy atom. The molecule has 5 heteroatoms. The Balaban J connectivity index is 2.24. The Kier molecular flexibility index (Phi) is 3.12. The van der Waals surface area contributed by atoms with Gasteiger partial charge in [0, 0.05) is 23.7 Å². The number of rotatable bonds is 3. The van der Waals surface area contributed by atoms with Crippen LogP contribution in [0.3, 0.4) is 0 Å². The molecule has 16 heavy (non-hydrogen) atoms. The molecule has 0 spiro atoms. The van der Waals surface area contributed by atoms with Crippen molar-refractivity contribution >= 4 is 40.4 Å². The van der Waals surface area contributed by atoms with Gasteiger partial charge in [0.15, 0.2) is 0 Å². The number of fused-ring (bicyclic) bond motifs is 1. The van der Waals surface area contributed by atoms with Crippen molar-refractivity contribution in [2.45, 2.75) is 12.8 Å². The second-order valence-electron chi connectivity index (χ2n) is 3.71. The smallest absolute Gasteiger partial charge is 0.231 e. The number of benzene rings is 1. The summed E-state index contributed by atoms with van der Waals surface area (Å²) in [7, 11) is 0. The third kappa shape index (κ3) is 2.18. The molecule has 0 saturated carbocycles. The molecule has 0 atom stereocenters. The third-order valence-electron chi connectivity index (χ3n) is 2.56. The summed E-state index contributed by atoms with van der Waals surface area (Å²) in [5.74, 6) is 0.0773. The Morgan fingerprint density at radius 2 is 2.31 bits per heavy atom. The van der Waals surface area contributed by atoms with Crippen molar-refractivity contribution in [1.29, 1.82) is 0 Å². The molecule has 0 saturated heterocycles. The maximum absolute atomic E-state index is 11.8. The number of anilines is 1. The Labute approximate surface area is 104 Å². The maximum Gasteiger partial charge on any atom is 0.231 e. The van der Waals surface area contributed by atoms with Crippen LogP contribution in [0.25, 0.3) is 0 Å². The highest BCUT2D eigenvalue weighted by atomic mass is 35.5. The molecule has 3 nitrogen and oxygen atoms in total. The van der Waals surface area contributed by atoms with Crippen molar-refractivity contribution in [2.24, 2.45) is 5.73 Å². The predicted octanol–water partition coefficient (Wildman–Crippen LogP) is 1.91. The molecule has 1 amide bonds. The van der Waals surface area contributed by atoms with Gasteiger partial charge in [0.05, 0.1) is 11.4 Å². The van der Waals surface area contributed by atoms with Crippen LogP contribution in [-0.4, -0.2) is 17.4 Å². The average molecular weight is 255 g/mol. The number of thiocarbonyl (C=S) groups is 1. The molecule has 1 heterocycles. The fraction of sp³-hybridized carbons (Fsp3) is 0.273. The number of hydrogen-bond acceptors (Lipinski definition) is 2. The number of amides is 1. The highest BCUT2D eigenvalue weighted by Gasteiger charge is 2.26. The van der Waals surface area contributed by atoms with E-state index in [1.165, 1.54) is 0 Å². The number of nitrogens with two attached hydrogens (primary N) is 1. The summed E-state index contributed by atoms with van der Waals surface area (Å²) in [5.41, 5.74) is 7.33. The fourth-order valence-corrected chi connectivity index (χ4v) is 2.06. The Bertz CT molecular complexity index is 461. The zero-order chi connectivity index (χ0) is 11.7. The van der Waals surface area contributed by atoms with Gasteiger partial charge in [0.2, 0.25) is 5.91 Å². The summed E-state index contributed by atoms with van der Waals surface area (Å²) in [6.07, 6.45) is 0.969. The van der Waals surface area contributed by atoms with Crippen LogP contribution in [-0.2, 0) is 11.2 Å². The zero-order valence-electron chi connectivity index (χ0n) is 8.57. The van der Waals surface area contributed by atoms with E-state index in [1.54, 1.807) is 17.0 Å². The molecule has 0 unspecified atom stereocenters. The van der Waals surface area contributed by atoms with Crippen molar-refractivity contribution in [3.05, 3.63) is 28.8 Å². The van der Waals surface area contributed by atoms with E-state index < -0.39 is 0 Å². The maximum atomic E-state index is 11.8. The molecule has 0 fully saturated rings. The number of nitrogens with zero attached hydrogens (tertiary/aromatic N) is 1. The monoisotopic (exact) mass is 254 g/mol. The molecule has 84 valence electrons. The molecule has 1 aliphatic rings. The first-order valence-electron chi connectivity index (χ1n) is 4.95. The van der Waals surface area contributed by atoms with Gasteiger partial charge in [0.1, 0.15) is 0 Å². The molecular formula is C11H11ClN2OS. The molecule has 0 aliphatic carbocycles. The van der Waals surface area contributed by atoms with E-state index in [9.17, 15) is 4.79 Å². The van der Waals surface area contributed by atoms with Crippen molar-refractivity contribution in [1.82, 2.24) is 0 Å². The molecule has 1 aromatic rings. The van der Waals surface area contributed by atoms with Gasteiger partial charge in [-0.1, -0.05) is 29.9 Å². The molecular weight excluding hydrogens is 244 g/mol. The average Bonchev–Trinajstić information content (AvgIpc) is 2.51. The summed E-state index contributed by atoms with van der Waals surface area (Å²) >= 11 is 10.7. The number of hydrogen-bond donors (Lipinski definition) is 1. The van der Waals surface area contributed by atoms with Gasteiger partial charge in [-0.2, -0.15) is 0 Å².